The van der Waals surface area contributed by atoms with Gasteiger partial charge in [-0.2, -0.15) is 0 Å². The van der Waals surface area contributed by atoms with Crippen molar-refractivity contribution in [1.82, 2.24) is 24.9 Å². The molecule has 1 spiro atoms. The molecule has 0 saturated carbocycles. The summed E-state index contributed by atoms with van der Waals surface area (Å²) in [4.78, 5) is 26.1. The van der Waals surface area contributed by atoms with Gasteiger partial charge in [0.05, 0.1) is 16.6 Å². The molecule has 0 bridgehead atoms. The highest BCUT2D eigenvalue weighted by Crippen LogP contribution is 2.64. The quantitative estimate of drug-likeness (QED) is 0.174. The Morgan fingerprint density at radius 2 is 0.867 bits per heavy atom. The van der Waals surface area contributed by atoms with Crippen molar-refractivity contribution in [3.8, 4) is 79.4 Å². The summed E-state index contributed by atoms with van der Waals surface area (Å²) < 4.78 is 6.75. The van der Waals surface area contributed by atoms with Crippen LogP contribution in [0, 0.1) is 0 Å². The molecule has 1 aliphatic carbocycles. The summed E-state index contributed by atoms with van der Waals surface area (Å²) in [5, 5.41) is 1.01. The van der Waals surface area contributed by atoms with Gasteiger partial charge in [0.2, 0.25) is 0 Å². The molecule has 0 unspecified atom stereocenters. The zero-order chi connectivity index (χ0) is 39.6. The molecular formula is C54H33N5O. The van der Waals surface area contributed by atoms with Crippen LogP contribution < -0.4 is 4.74 Å². The molecule has 10 aromatic rings. The Labute approximate surface area is 346 Å². The molecule has 0 fully saturated rings. The predicted molar refractivity (Wildman–Crippen MR) is 237 cm³/mol. The molecular weight excluding hydrogens is 735 g/mol. The van der Waals surface area contributed by atoms with Gasteiger partial charge in [0, 0.05) is 44.3 Å². The van der Waals surface area contributed by atoms with E-state index >= 15 is 0 Å². The van der Waals surface area contributed by atoms with Crippen molar-refractivity contribution in [2.24, 2.45) is 0 Å². The van der Waals surface area contributed by atoms with E-state index in [1.807, 2.05) is 84.9 Å². The molecule has 0 radical (unpaired) electrons. The van der Waals surface area contributed by atoms with Gasteiger partial charge in [-0.05, 0) is 46.5 Å². The molecule has 0 amide bonds. The number of benzene rings is 8. The number of hydrogen-bond acceptors (Lipinski definition) is 6. The summed E-state index contributed by atoms with van der Waals surface area (Å²) in [6, 6.07) is 68.9. The summed E-state index contributed by atoms with van der Waals surface area (Å²) in [6.45, 7) is 0. The molecule has 2 aliphatic rings. The van der Waals surface area contributed by atoms with Gasteiger partial charge in [-0.25, -0.2) is 24.9 Å². The average Bonchev–Trinajstić information content (AvgIpc) is 3.62. The van der Waals surface area contributed by atoms with Gasteiger partial charge in [-0.3, -0.25) is 0 Å². The zero-order valence-corrected chi connectivity index (χ0v) is 32.2. The normalized spacial score (nSPS) is 12.9. The molecule has 0 N–H and O–H groups in total. The van der Waals surface area contributed by atoms with Gasteiger partial charge < -0.3 is 4.74 Å². The number of rotatable bonds is 5. The lowest BCUT2D eigenvalue weighted by Gasteiger charge is -2.40. The van der Waals surface area contributed by atoms with Crippen molar-refractivity contribution in [2.75, 3.05) is 0 Å². The topological polar surface area (TPSA) is 73.7 Å². The van der Waals surface area contributed by atoms with Crippen molar-refractivity contribution in [3.05, 3.63) is 222 Å². The zero-order valence-electron chi connectivity index (χ0n) is 32.2. The second-order valence-electron chi connectivity index (χ2n) is 15.2. The van der Waals surface area contributed by atoms with E-state index in [1.165, 1.54) is 0 Å². The predicted octanol–water partition coefficient (Wildman–Crippen LogP) is 12.6. The first-order valence-electron chi connectivity index (χ1n) is 20.1. The van der Waals surface area contributed by atoms with Gasteiger partial charge in [-0.15, -0.1) is 0 Å². The Morgan fingerprint density at radius 3 is 1.52 bits per heavy atom. The van der Waals surface area contributed by atoms with Crippen LogP contribution >= 0.6 is 0 Å². The fourth-order valence-corrected chi connectivity index (χ4v) is 9.23. The van der Waals surface area contributed by atoms with Crippen LogP contribution in [-0.2, 0) is 5.41 Å². The molecule has 8 aromatic carbocycles. The van der Waals surface area contributed by atoms with Gasteiger partial charge in [0.25, 0.3) is 0 Å². The number of ether oxygens (including phenoxy) is 1. The molecule has 0 saturated heterocycles. The van der Waals surface area contributed by atoms with E-state index in [1.54, 1.807) is 0 Å². The van der Waals surface area contributed by atoms with Crippen LogP contribution in [0.3, 0.4) is 0 Å². The van der Waals surface area contributed by atoms with E-state index in [4.69, 9.17) is 29.7 Å². The molecule has 0 atom stereocenters. The van der Waals surface area contributed by atoms with Crippen LogP contribution in [0.1, 0.15) is 22.3 Å². The summed E-state index contributed by atoms with van der Waals surface area (Å²) in [7, 11) is 0. The minimum absolute atomic E-state index is 0.593. The van der Waals surface area contributed by atoms with Crippen molar-refractivity contribution < 1.29 is 4.74 Å². The highest BCUT2D eigenvalue weighted by Gasteiger charge is 2.52. The van der Waals surface area contributed by atoms with Crippen LogP contribution in [-0.4, -0.2) is 24.9 Å². The molecule has 12 rings (SSSR count). The van der Waals surface area contributed by atoms with Crippen molar-refractivity contribution in [2.45, 2.75) is 5.41 Å². The first-order valence-corrected chi connectivity index (χ1v) is 20.1. The minimum Gasteiger partial charge on any atom is -0.457 e. The second-order valence-corrected chi connectivity index (χ2v) is 15.2. The average molecular weight is 768 g/mol. The van der Waals surface area contributed by atoms with E-state index in [2.05, 4.69) is 115 Å². The number of para-hydroxylation sites is 3. The molecule has 6 heteroatoms. The first-order chi connectivity index (χ1) is 29.7. The van der Waals surface area contributed by atoms with E-state index in [0.29, 0.717) is 23.3 Å². The third-order valence-corrected chi connectivity index (χ3v) is 11.8. The number of nitrogens with zero attached hydrogens (tertiary/aromatic N) is 5. The maximum absolute atomic E-state index is 6.75. The van der Waals surface area contributed by atoms with Crippen molar-refractivity contribution in [1.29, 1.82) is 0 Å². The van der Waals surface area contributed by atoms with Crippen LogP contribution in [0.25, 0.3) is 78.8 Å². The molecule has 60 heavy (non-hydrogen) atoms. The van der Waals surface area contributed by atoms with Crippen LogP contribution in [0.2, 0.25) is 0 Å². The fourth-order valence-electron chi connectivity index (χ4n) is 9.23. The SMILES string of the molecule is c1ccc(-c2nc(-c3ccccc3)nc(-c3ccc4c(c3)C3(c5ccccc5Oc5ccccc53)c3c(-c5nc(-c6ccccc6)c6ccccc6n5)cccc3-4)n2)cc1. The van der Waals surface area contributed by atoms with Crippen molar-refractivity contribution in [3.63, 3.8) is 0 Å². The summed E-state index contributed by atoms with van der Waals surface area (Å²) >= 11 is 0. The highest BCUT2D eigenvalue weighted by molar-refractivity contribution is 5.97. The van der Waals surface area contributed by atoms with Crippen molar-refractivity contribution >= 4 is 10.9 Å². The Bertz CT molecular complexity index is 3190. The summed E-state index contributed by atoms with van der Waals surface area (Å²) in [5.74, 6) is 4.09. The second kappa shape index (κ2) is 13.5. The van der Waals surface area contributed by atoms with Gasteiger partial charge >= 0.3 is 0 Å². The third kappa shape index (κ3) is 5.17. The fraction of sp³-hybridized carbons (Fsp3) is 0.0185. The molecule has 3 heterocycles. The van der Waals surface area contributed by atoms with E-state index < -0.39 is 5.41 Å². The Hall–Kier alpha value is -8.09. The highest BCUT2D eigenvalue weighted by atomic mass is 16.5. The molecule has 1 aliphatic heterocycles. The Balaban J connectivity index is 1.16. The maximum atomic E-state index is 6.75. The lowest BCUT2D eigenvalue weighted by molar-refractivity contribution is 0.436. The molecule has 280 valence electrons. The smallest absolute Gasteiger partial charge is 0.164 e. The number of hydrogen-bond donors (Lipinski definition) is 0. The minimum atomic E-state index is -0.817. The Kier molecular flexibility index (Phi) is 7.65. The Morgan fingerprint density at radius 1 is 0.333 bits per heavy atom. The standard InChI is InChI=1S/C54H33N5O/c1-4-17-34(18-5-1)49-40-23-10-13-28-45(40)55-53(56-49)41-25-16-24-39-38-32-31-37(52-58-50(35-19-6-2-7-20-35)57-51(59-52)36-21-8-3-9-22-36)33-44(38)54(48(39)41)42-26-11-14-29-46(42)60-47-30-15-12-27-43(47)54/h1-33H. The van der Waals surface area contributed by atoms with Crippen LogP contribution in [0.15, 0.2) is 200 Å². The lowest BCUT2D eigenvalue weighted by atomic mass is 9.65. The van der Waals surface area contributed by atoms with Crippen LogP contribution in [0.5, 0.6) is 11.5 Å². The molecule has 2 aromatic heterocycles. The lowest BCUT2D eigenvalue weighted by Crippen LogP contribution is -2.32. The van der Waals surface area contributed by atoms with Crippen LogP contribution in [0.4, 0.5) is 0 Å². The van der Waals surface area contributed by atoms with Gasteiger partial charge in [0.1, 0.15) is 11.5 Å². The number of fused-ring (bicyclic) bond motifs is 10. The van der Waals surface area contributed by atoms with Gasteiger partial charge in [-0.1, -0.05) is 176 Å². The number of aromatic nitrogens is 5. The van der Waals surface area contributed by atoms with E-state index in [9.17, 15) is 0 Å². The largest absolute Gasteiger partial charge is 0.457 e. The van der Waals surface area contributed by atoms with E-state index in [0.717, 1.165) is 89.3 Å². The third-order valence-electron chi connectivity index (χ3n) is 11.8. The first kappa shape index (κ1) is 34.0. The van der Waals surface area contributed by atoms with Gasteiger partial charge in [0.15, 0.2) is 23.3 Å². The monoisotopic (exact) mass is 767 g/mol. The van der Waals surface area contributed by atoms with E-state index in [-0.39, 0.29) is 0 Å². The summed E-state index contributed by atoms with van der Waals surface area (Å²) in [5.41, 5.74) is 12.2. The summed E-state index contributed by atoms with van der Waals surface area (Å²) in [6.07, 6.45) is 0. The maximum Gasteiger partial charge on any atom is 0.164 e. The molecule has 6 nitrogen and oxygen atoms in total.